The fraction of sp³-hybridized carbons (Fsp3) is 0.706. The Balaban J connectivity index is 0.00000156. The van der Waals surface area contributed by atoms with E-state index in [1.54, 1.807) is 0 Å². The second-order valence-corrected chi connectivity index (χ2v) is 7.06. The first-order valence-corrected chi connectivity index (χ1v) is 8.42. The van der Waals surface area contributed by atoms with Gasteiger partial charge >= 0.3 is 0 Å². The number of aromatic nitrogens is 1. The van der Waals surface area contributed by atoms with E-state index in [-0.39, 0.29) is 24.0 Å². The number of aryl methyl sites for hydroxylation is 1. The first-order valence-electron chi connectivity index (χ1n) is 8.42. The van der Waals surface area contributed by atoms with Crippen LogP contribution in [0.2, 0.25) is 0 Å². The van der Waals surface area contributed by atoms with Gasteiger partial charge in [-0.25, -0.2) is 0 Å². The first-order chi connectivity index (χ1) is 10.7. The molecule has 5 nitrogen and oxygen atoms in total. The summed E-state index contributed by atoms with van der Waals surface area (Å²) in [7, 11) is 3.90. The third-order valence-electron chi connectivity index (χ3n) is 5.91. The average Bonchev–Trinajstić information content (AvgIpc) is 3.05. The van der Waals surface area contributed by atoms with Gasteiger partial charge in [0.05, 0.1) is 6.10 Å². The van der Waals surface area contributed by atoms with Crippen molar-refractivity contribution in [3.05, 3.63) is 24.0 Å². The second kappa shape index (κ2) is 6.63. The van der Waals surface area contributed by atoms with E-state index in [4.69, 9.17) is 4.74 Å². The van der Waals surface area contributed by atoms with Crippen LogP contribution >= 0.6 is 24.0 Å². The standard InChI is InChI=1S/C17H26N4O.HI/c1-18-16(19-10-12-4-8-21(2)11-12)20-14-13-5-9-22-15(13)17(14)6-3-7-17;/h4,8,11,13-15H,3,5-7,9-10H2,1-2H3,(H2,18,19,20);1H. The molecule has 4 rings (SSSR count). The summed E-state index contributed by atoms with van der Waals surface area (Å²) in [4.78, 5) is 4.42. The van der Waals surface area contributed by atoms with Gasteiger partial charge in [-0.1, -0.05) is 6.42 Å². The van der Waals surface area contributed by atoms with Gasteiger partial charge in [-0.2, -0.15) is 0 Å². The van der Waals surface area contributed by atoms with Crippen molar-refractivity contribution in [2.24, 2.45) is 23.4 Å². The van der Waals surface area contributed by atoms with Gasteiger partial charge in [0, 0.05) is 57.0 Å². The second-order valence-electron chi connectivity index (χ2n) is 7.06. The Morgan fingerprint density at radius 1 is 1.48 bits per heavy atom. The molecule has 1 aromatic heterocycles. The van der Waals surface area contributed by atoms with Gasteiger partial charge in [0.2, 0.25) is 0 Å². The van der Waals surface area contributed by atoms with Gasteiger partial charge in [0.25, 0.3) is 0 Å². The molecule has 0 aromatic carbocycles. The highest BCUT2D eigenvalue weighted by Gasteiger charge is 2.66. The molecular formula is C17H27IN4O. The Morgan fingerprint density at radius 3 is 2.91 bits per heavy atom. The van der Waals surface area contributed by atoms with Crippen molar-refractivity contribution in [3.63, 3.8) is 0 Å². The topological polar surface area (TPSA) is 50.6 Å². The molecule has 2 N–H and O–H groups in total. The van der Waals surface area contributed by atoms with Gasteiger partial charge in [-0.3, -0.25) is 4.99 Å². The Labute approximate surface area is 155 Å². The Kier molecular flexibility index (Phi) is 4.92. The highest BCUT2D eigenvalue weighted by molar-refractivity contribution is 14.0. The Morgan fingerprint density at radius 2 is 2.30 bits per heavy atom. The van der Waals surface area contributed by atoms with E-state index < -0.39 is 0 Å². The maximum Gasteiger partial charge on any atom is 0.191 e. The molecule has 0 radical (unpaired) electrons. The largest absolute Gasteiger partial charge is 0.377 e. The molecule has 1 aromatic rings. The molecule has 2 aliphatic carbocycles. The lowest BCUT2D eigenvalue weighted by Crippen LogP contribution is -2.72. The lowest BCUT2D eigenvalue weighted by atomic mass is 9.46. The normalized spacial score (nSPS) is 30.9. The zero-order valence-electron chi connectivity index (χ0n) is 13.9. The molecule has 0 bridgehead atoms. The molecule has 23 heavy (non-hydrogen) atoms. The maximum atomic E-state index is 5.98. The number of ether oxygens (including phenoxy) is 1. The number of hydrogen-bond donors (Lipinski definition) is 2. The molecule has 3 fully saturated rings. The number of rotatable bonds is 3. The quantitative estimate of drug-likeness (QED) is 0.440. The van der Waals surface area contributed by atoms with E-state index in [1.165, 1.54) is 31.2 Å². The number of guanidine groups is 1. The number of nitrogens with one attached hydrogen (secondary N) is 2. The molecular weight excluding hydrogens is 403 g/mol. The van der Waals surface area contributed by atoms with Crippen molar-refractivity contribution in [3.8, 4) is 0 Å². The van der Waals surface area contributed by atoms with Gasteiger partial charge in [-0.15, -0.1) is 24.0 Å². The van der Waals surface area contributed by atoms with E-state index in [0.717, 1.165) is 19.1 Å². The number of fused-ring (bicyclic) bond motifs is 2. The van der Waals surface area contributed by atoms with Crippen LogP contribution in [0.15, 0.2) is 23.5 Å². The third kappa shape index (κ3) is 2.77. The van der Waals surface area contributed by atoms with E-state index in [0.29, 0.717) is 23.5 Å². The van der Waals surface area contributed by atoms with Crippen LogP contribution in [0.1, 0.15) is 31.2 Å². The van der Waals surface area contributed by atoms with Crippen LogP contribution in [0, 0.1) is 11.3 Å². The molecule has 128 valence electrons. The van der Waals surface area contributed by atoms with Crippen LogP contribution in [0.3, 0.4) is 0 Å². The number of nitrogens with zero attached hydrogens (tertiary/aromatic N) is 2. The van der Waals surface area contributed by atoms with Crippen molar-refractivity contribution >= 4 is 29.9 Å². The van der Waals surface area contributed by atoms with Gasteiger partial charge in [0.1, 0.15) is 0 Å². The zero-order chi connectivity index (χ0) is 15.2. The summed E-state index contributed by atoms with van der Waals surface area (Å²) in [6.45, 7) is 1.75. The molecule has 3 aliphatic rings. The van der Waals surface area contributed by atoms with Crippen LogP contribution in [-0.2, 0) is 18.3 Å². The number of aliphatic imine (C=N–C) groups is 1. The molecule has 6 heteroatoms. The number of hydrogen-bond acceptors (Lipinski definition) is 2. The smallest absolute Gasteiger partial charge is 0.191 e. The summed E-state index contributed by atoms with van der Waals surface area (Å²) in [5.41, 5.74) is 1.67. The predicted octanol–water partition coefficient (Wildman–Crippen LogP) is 2.27. The Hall–Kier alpha value is -0.760. The summed E-state index contributed by atoms with van der Waals surface area (Å²) < 4.78 is 8.06. The fourth-order valence-corrected chi connectivity index (χ4v) is 4.65. The van der Waals surface area contributed by atoms with Crippen LogP contribution in [0.5, 0.6) is 0 Å². The van der Waals surface area contributed by atoms with Crippen molar-refractivity contribution < 1.29 is 4.74 Å². The van der Waals surface area contributed by atoms with Gasteiger partial charge in [-0.05, 0) is 30.9 Å². The van der Waals surface area contributed by atoms with Crippen molar-refractivity contribution in [2.45, 2.75) is 44.4 Å². The van der Waals surface area contributed by atoms with Crippen LogP contribution in [-0.4, -0.2) is 36.3 Å². The maximum absolute atomic E-state index is 5.98. The van der Waals surface area contributed by atoms with E-state index in [2.05, 4.69) is 38.7 Å². The monoisotopic (exact) mass is 430 g/mol. The molecule has 3 unspecified atom stereocenters. The van der Waals surface area contributed by atoms with E-state index in [9.17, 15) is 0 Å². The zero-order valence-corrected chi connectivity index (χ0v) is 16.2. The molecule has 3 atom stereocenters. The Bertz CT molecular complexity index is 581. The minimum atomic E-state index is 0. The van der Waals surface area contributed by atoms with Crippen molar-refractivity contribution in [1.29, 1.82) is 0 Å². The molecule has 2 heterocycles. The predicted molar refractivity (Wildman–Crippen MR) is 102 cm³/mol. The molecule has 1 aliphatic heterocycles. The summed E-state index contributed by atoms with van der Waals surface area (Å²) in [6, 6.07) is 2.67. The molecule has 2 saturated carbocycles. The van der Waals surface area contributed by atoms with E-state index >= 15 is 0 Å². The molecule has 1 saturated heterocycles. The van der Waals surface area contributed by atoms with Gasteiger partial charge in [0.15, 0.2) is 5.96 Å². The minimum absolute atomic E-state index is 0. The summed E-state index contributed by atoms with van der Waals surface area (Å²) in [5.74, 6) is 1.60. The molecule has 1 spiro atoms. The highest BCUT2D eigenvalue weighted by atomic mass is 127. The highest BCUT2D eigenvalue weighted by Crippen LogP contribution is 2.62. The fourth-order valence-electron chi connectivity index (χ4n) is 4.65. The molecule has 0 amide bonds. The minimum Gasteiger partial charge on any atom is -0.377 e. The van der Waals surface area contributed by atoms with Crippen LogP contribution in [0.4, 0.5) is 0 Å². The van der Waals surface area contributed by atoms with Crippen LogP contribution < -0.4 is 10.6 Å². The van der Waals surface area contributed by atoms with Crippen LogP contribution in [0.25, 0.3) is 0 Å². The van der Waals surface area contributed by atoms with Crippen molar-refractivity contribution in [2.75, 3.05) is 13.7 Å². The first kappa shape index (κ1) is 17.1. The third-order valence-corrected chi connectivity index (χ3v) is 5.91. The summed E-state index contributed by atoms with van der Waals surface area (Å²) >= 11 is 0. The lowest BCUT2D eigenvalue weighted by Gasteiger charge is -2.63. The van der Waals surface area contributed by atoms with Gasteiger partial charge < -0.3 is 19.9 Å². The summed E-state index contributed by atoms with van der Waals surface area (Å²) in [5, 5.41) is 7.15. The average molecular weight is 430 g/mol. The summed E-state index contributed by atoms with van der Waals surface area (Å²) in [6.07, 6.45) is 9.87. The SMILES string of the molecule is CN=C(NCc1ccn(C)c1)NC1C2CCOC2C12CCC2.I. The lowest BCUT2D eigenvalue weighted by molar-refractivity contribution is -0.171. The number of halogens is 1. The van der Waals surface area contributed by atoms with Crippen molar-refractivity contribution in [1.82, 2.24) is 15.2 Å². The van der Waals surface area contributed by atoms with E-state index in [1.807, 2.05) is 14.1 Å².